The molecule has 56 heavy (non-hydrogen) atoms. The predicted molar refractivity (Wildman–Crippen MR) is 205 cm³/mol. The lowest BCUT2D eigenvalue weighted by atomic mass is 10.1. The second-order valence-electron chi connectivity index (χ2n) is 11.0. The summed E-state index contributed by atoms with van der Waals surface area (Å²) >= 11 is 8.39. The summed E-state index contributed by atoms with van der Waals surface area (Å²) in [6.07, 6.45) is 0. The Bertz CT molecular complexity index is 2620. The van der Waals surface area contributed by atoms with Gasteiger partial charge >= 0.3 is 5.97 Å². The van der Waals surface area contributed by atoms with Crippen LogP contribution in [0.25, 0.3) is 21.5 Å². The minimum Gasteiger partial charge on any atom is -0.481 e. The van der Waals surface area contributed by atoms with Gasteiger partial charge < -0.3 is 10.4 Å². The molecule has 6 rings (SSSR count). The highest BCUT2D eigenvalue weighted by Crippen LogP contribution is 2.41. The molecule has 6 aromatic rings. The maximum atomic E-state index is 12.0. The van der Waals surface area contributed by atoms with E-state index in [4.69, 9.17) is 27.2 Å². The molecule has 0 fully saturated rings. The lowest BCUT2D eigenvalue weighted by molar-refractivity contribution is -0.432. The second kappa shape index (κ2) is 18.4. The van der Waals surface area contributed by atoms with Crippen molar-refractivity contribution in [2.24, 2.45) is 20.5 Å². The number of aliphatic carboxylic acids is 1. The van der Waals surface area contributed by atoms with Gasteiger partial charge in [0.05, 0.1) is 46.9 Å². The molecule has 0 unspecified atom stereocenters. The molecular weight excluding hydrogens is 836 g/mol. The maximum Gasteiger partial charge on any atom is 0.313 e. The smallest absolute Gasteiger partial charge is 0.313 e. The topological polar surface area (TPSA) is 269 Å². The number of azo groups is 2. The first-order valence-electron chi connectivity index (χ1n) is 15.3. The third kappa shape index (κ3) is 10.3. The zero-order valence-corrected chi connectivity index (χ0v) is 32.0. The summed E-state index contributed by atoms with van der Waals surface area (Å²) in [6.45, 7) is 1.66. The van der Waals surface area contributed by atoms with Crippen LogP contribution in [0.3, 0.4) is 0 Å². The van der Waals surface area contributed by atoms with E-state index in [1.165, 1.54) is 12.1 Å². The predicted octanol–water partition coefficient (Wildman–Crippen LogP) is 9.99. The Morgan fingerprint density at radius 1 is 0.750 bits per heavy atom. The van der Waals surface area contributed by atoms with Crippen molar-refractivity contribution in [1.29, 1.82) is 0 Å². The van der Waals surface area contributed by atoms with Gasteiger partial charge in [0.1, 0.15) is 10.6 Å². The summed E-state index contributed by atoms with van der Waals surface area (Å²) in [7, 11) is -4.61. The van der Waals surface area contributed by atoms with Crippen molar-refractivity contribution < 1.29 is 52.1 Å². The van der Waals surface area contributed by atoms with Crippen LogP contribution < -0.4 is 5.32 Å². The molecule has 0 aliphatic rings. The summed E-state index contributed by atoms with van der Waals surface area (Å²) in [6, 6.07) is 21.0. The van der Waals surface area contributed by atoms with Crippen molar-refractivity contribution in [3.05, 3.63) is 89.7 Å². The number of aryl methyl sites for hydroxylation is 1. The number of hydrogen-bond acceptors (Lipinski definition) is 20. The molecule has 0 saturated heterocycles. The number of aromatic nitrogens is 3. The van der Waals surface area contributed by atoms with Crippen LogP contribution in [0.2, 0.25) is 5.28 Å². The summed E-state index contributed by atoms with van der Waals surface area (Å²) < 4.78 is 43.1. The molecule has 24 heteroatoms. The molecule has 1 aromatic heterocycles. The van der Waals surface area contributed by atoms with Gasteiger partial charge in [0.2, 0.25) is 11.2 Å². The van der Waals surface area contributed by atoms with Gasteiger partial charge in [0.15, 0.2) is 5.16 Å². The molecule has 0 atom stereocenters. The molecular formula is C32H23ClN8O11S4. The van der Waals surface area contributed by atoms with Gasteiger partial charge in [-0.1, -0.05) is 40.0 Å². The lowest BCUT2D eigenvalue weighted by Gasteiger charge is -2.12. The number of nitrogens with one attached hydrogen (secondary N) is 1. The van der Waals surface area contributed by atoms with Crippen molar-refractivity contribution in [1.82, 2.24) is 15.0 Å². The number of hydrogen-bond donors (Lipinski definition) is 5. The summed E-state index contributed by atoms with van der Waals surface area (Å²) in [5.74, 6) is -1.29. The van der Waals surface area contributed by atoms with Crippen molar-refractivity contribution in [3.8, 4) is 0 Å². The zero-order valence-electron chi connectivity index (χ0n) is 28.0. The number of anilines is 2. The Hall–Kier alpha value is -4.89. The van der Waals surface area contributed by atoms with Crippen LogP contribution in [0.1, 0.15) is 5.56 Å². The Morgan fingerprint density at radius 3 is 1.91 bits per heavy atom. The molecule has 5 aromatic carbocycles. The minimum atomic E-state index is -4.61. The largest absolute Gasteiger partial charge is 0.481 e. The quantitative estimate of drug-likeness (QED) is 0.0151. The van der Waals surface area contributed by atoms with Crippen LogP contribution in [0.5, 0.6) is 0 Å². The highest BCUT2D eigenvalue weighted by molar-refractivity contribution is 7.99. The first-order chi connectivity index (χ1) is 26.9. The average Bonchev–Trinajstić information content (AvgIpc) is 3.17. The number of carbonyl (C=O) groups is 1. The van der Waals surface area contributed by atoms with E-state index in [2.05, 4.69) is 59.5 Å². The fourth-order valence-electron chi connectivity index (χ4n) is 5.02. The maximum absolute atomic E-state index is 12.0. The van der Waals surface area contributed by atoms with E-state index < -0.39 is 21.0 Å². The van der Waals surface area contributed by atoms with E-state index in [1.807, 2.05) is 0 Å². The molecule has 0 bridgehead atoms. The van der Waals surface area contributed by atoms with Gasteiger partial charge in [0.25, 0.3) is 10.1 Å². The molecule has 0 amide bonds. The number of carboxylic acid groups (broad SMARTS) is 1. The number of rotatable bonds is 16. The molecule has 288 valence electrons. The van der Waals surface area contributed by atoms with Crippen LogP contribution in [0, 0.1) is 6.92 Å². The molecule has 0 radical (unpaired) electrons. The molecule has 0 aliphatic heterocycles. The van der Waals surface area contributed by atoms with Crippen molar-refractivity contribution in [2.75, 3.05) is 11.1 Å². The van der Waals surface area contributed by atoms with Gasteiger partial charge in [-0.3, -0.25) is 9.35 Å². The van der Waals surface area contributed by atoms with E-state index in [9.17, 15) is 17.8 Å². The molecule has 0 spiro atoms. The highest BCUT2D eigenvalue weighted by Gasteiger charge is 2.17. The number of benzene rings is 5. The van der Waals surface area contributed by atoms with Crippen LogP contribution in [-0.4, -0.2) is 55.3 Å². The number of halogens is 1. The van der Waals surface area contributed by atoms with Crippen molar-refractivity contribution in [3.63, 3.8) is 0 Å². The van der Waals surface area contributed by atoms with Crippen LogP contribution in [0.15, 0.2) is 119 Å². The molecule has 19 nitrogen and oxygen atoms in total. The molecule has 0 saturated carbocycles. The minimum absolute atomic E-state index is 0.0535. The van der Waals surface area contributed by atoms with E-state index in [0.29, 0.717) is 66.0 Å². The first-order valence-corrected chi connectivity index (χ1v) is 19.6. The third-order valence-electron chi connectivity index (χ3n) is 7.31. The van der Waals surface area contributed by atoms with Gasteiger partial charge in [0, 0.05) is 37.0 Å². The third-order valence-corrected chi connectivity index (χ3v) is 10.3. The Labute approximate surface area is 333 Å². The summed E-state index contributed by atoms with van der Waals surface area (Å²) in [5.41, 5.74) is 2.06. The lowest BCUT2D eigenvalue weighted by Crippen LogP contribution is -2.03. The molecule has 5 N–H and O–H groups in total. The monoisotopic (exact) mass is 858 g/mol. The van der Waals surface area contributed by atoms with E-state index >= 15 is 0 Å². The average molecular weight is 859 g/mol. The number of carboxylic acids is 1. The fraction of sp³-hybridized carbons (Fsp3) is 0.0625. The molecule has 0 aliphatic carbocycles. The second-order valence-corrected chi connectivity index (χ2v) is 15.2. The van der Waals surface area contributed by atoms with Gasteiger partial charge in [-0.2, -0.15) is 23.4 Å². The summed E-state index contributed by atoms with van der Waals surface area (Å²) in [4.78, 5) is 24.0. The van der Waals surface area contributed by atoms with Crippen molar-refractivity contribution in [2.45, 2.75) is 26.8 Å². The standard InChI is InChI=1S/C32H23ClN8O11S4/c1-16-2-7-27(28(12-16)56(46,47)48)41-40-26-11-10-24(20-6-4-18(14-22(20)26)55-52-50-45)38-39-25-9-8-23(19-5-3-17(13-21(19)25)54-51-49-44)34-31-35-30(33)36-32(37-31)53-15-29(42)43/h2-14,44-45H,15H2,1H3,(H,42,43)(H,46,47,48)(H,34,35,36,37). The number of nitrogens with zero attached hydrogens (tertiary/aromatic N) is 7. The van der Waals surface area contributed by atoms with Crippen molar-refractivity contribution >= 4 is 119 Å². The van der Waals surface area contributed by atoms with Crippen LogP contribution >= 0.6 is 47.4 Å². The normalized spacial score (nSPS) is 12.0. The van der Waals surface area contributed by atoms with Crippen LogP contribution in [-0.2, 0) is 33.7 Å². The SMILES string of the molecule is Cc1ccc(N=Nc2ccc(N=Nc3ccc(Nc4nc(Cl)nc(SCC(=O)O)n4)c4ccc(SOOO)cc34)c3ccc(SOOO)cc23)c(S(=O)(=O)O)c1. The summed E-state index contributed by atoms with van der Waals surface area (Å²) in [5, 5.41) is 56.6. The Kier molecular flexibility index (Phi) is 13.4. The Balaban J connectivity index is 1.40. The van der Waals surface area contributed by atoms with Crippen LogP contribution in [0.4, 0.5) is 34.4 Å². The van der Waals surface area contributed by atoms with E-state index in [-0.39, 0.29) is 33.5 Å². The van der Waals surface area contributed by atoms with Gasteiger partial charge in [-0.25, -0.2) is 10.5 Å². The number of thioether (sulfide) groups is 1. The highest BCUT2D eigenvalue weighted by atomic mass is 35.5. The molecule has 1 heterocycles. The van der Waals surface area contributed by atoms with Gasteiger partial charge in [-0.05, 0) is 84.8 Å². The van der Waals surface area contributed by atoms with Gasteiger partial charge in [-0.15, -0.1) is 29.1 Å². The fourth-order valence-corrected chi connectivity index (χ4v) is 7.29. The first kappa shape index (κ1) is 40.8. The Morgan fingerprint density at radius 2 is 1.30 bits per heavy atom. The number of fused-ring (bicyclic) bond motifs is 2. The van der Waals surface area contributed by atoms with E-state index in [1.54, 1.807) is 73.7 Å². The zero-order chi connectivity index (χ0) is 39.8. The van der Waals surface area contributed by atoms with E-state index in [0.717, 1.165) is 23.8 Å².